The van der Waals surface area contributed by atoms with E-state index in [0.717, 1.165) is 0 Å². The van der Waals surface area contributed by atoms with E-state index in [0.29, 0.717) is 0 Å². The van der Waals surface area contributed by atoms with Crippen LogP contribution in [-0.2, 0) is 4.79 Å². The van der Waals surface area contributed by atoms with Gasteiger partial charge in [0.15, 0.2) is 0 Å². The molecule has 0 aromatic carbocycles. The second-order valence-electron chi connectivity index (χ2n) is 2.00. The molecular weight excluding hydrogens is 116 g/mol. The van der Waals surface area contributed by atoms with Gasteiger partial charge in [-0.15, -0.1) is 13.2 Å². The van der Waals surface area contributed by atoms with Crippen molar-refractivity contribution in [2.45, 2.75) is 6.92 Å². The summed E-state index contributed by atoms with van der Waals surface area (Å²) in [6.45, 7) is 8.28. The Bertz CT molecular complexity index is 139. The number of carbonyl (C=O) groups is 1. The molecule has 0 unspecified atom stereocenters. The average Bonchev–Trinajstić information content (AvgIpc) is 1.86. The van der Waals surface area contributed by atoms with Gasteiger partial charge in [0.1, 0.15) is 5.41 Å². The van der Waals surface area contributed by atoms with Gasteiger partial charge in [-0.2, -0.15) is 0 Å². The van der Waals surface area contributed by atoms with Gasteiger partial charge in [0.05, 0.1) is 0 Å². The lowest BCUT2D eigenvalue weighted by atomic mass is 9.92. The molecule has 0 saturated carbocycles. The van der Waals surface area contributed by atoms with Crippen LogP contribution < -0.4 is 0 Å². The highest BCUT2D eigenvalue weighted by atomic mass is 16.4. The van der Waals surface area contributed by atoms with Crippen LogP contribution in [0.2, 0.25) is 0 Å². The summed E-state index contributed by atoms with van der Waals surface area (Å²) < 4.78 is 0. The van der Waals surface area contributed by atoms with E-state index in [9.17, 15) is 4.79 Å². The molecule has 2 nitrogen and oxygen atoms in total. The van der Waals surface area contributed by atoms with Crippen LogP contribution in [0.25, 0.3) is 0 Å². The molecule has 0 rings (SSSR count). The minimum atomic E-state index is -0.972. The monoisotopic (exact) mass is 126 g/mol. The summed E-state index contributed by atoms with van der Waals surface area (Å²) >= 11 is 0. The Hall–Kier alpha value is -1.05. The van der Waals surface area contributed by atoms with Crippen LogP contribution in [0.1, 0.15) is 6.92 Å². The van der Waals surface area contributed by atoms with Crippen molar-refractivity contribution in [3.63, 3.8) is 0 Å². The summed E-state index contributed by atoms with van der Waals surface area (Å²) in [5, 5.41) is 8.49. The van der Waals surface area contributed by atoms with E-state index in [-0.39, 0.29) is 0 Å². The summed E-state index contributed by atoms with van der Waals surface area (Å²) in [4.78, 5) is 10.3. The lowest BCUT2D eigenvalue weighted by Crippen LogP contribution is -2.21. The fourth-order valence-electron chi connectivity index (χ4n) is 0.258. The maximum absolute atomic E-state index is 10.3. The number of hydrogen-bond donors (Lipinski definition) is 1. The Balaban J connectivity index is 4.46. The Labute approximate surface area is 54.5 Å². The van der Waals surface area contributed by atoms with Gasteiger partial charge in [-0.25, -0.2) is 0 Å². The van der Waals surface area contributed by atoms with E-state index in [1.165, 1.54) is 19.1 Å². The number of carboxylic acid groups (broad SMARTS) is 1. The molecule has 0 aliphatic carbocycles. The van der Waals surface area contributed by atoms with Crippen LogP contribution in [0, 0.1) is 5.41 Å². The lowest BCUT2D eigenvalue weighted by Gasteiger charge is -2.12. The largest absolute Gasteiger partial charge is 0.480 e. The minimum Gasteiger partial charge on any atom is -0.480 e. The molecule has 0 aromatic rings. The Morgan fingerprint density at radius 2 is 1.89 bits per heavy atom. The van der Waals surface area contributed by atoms with Crippen molar-refractivity contribution in [2.24, 2.45) is 5.41 Å². The van der Waals surface area contributed by atoms with E-state index >= 15 is 0 Å². The molecule has 2 heteroatoms. The molecule has 0 amide bonds. The van der Waals surface area contributed by atoms with Crippen molar-refractivity contribution < 1.29 is 9.90 Å². The van der Waals surface area contributed by atoms with Gasteiger partial charge in [0, 0.05) is 0 Å². The molecule has 0 atom stereocenters. The molecule has 0 radical (unpaired) electrons. The van der Waals surface area contributed by atoms with Crippen LogP contribution in [0.3, 0.4) is 0 Å². The first-order chi connectivity index (χ1) is 4.06. The predicted molar refractivity (Wildman–Crippen MR) is 36.1 cm³/mol. The lowest BCUT2D eigenvalue weighted by molar-refractivity contribution is -0.142. The second-order valence-corrected chi connectivity index (χ2v) is 2.00. The Morgan fingerprint density at radius 1 is 1.56 bits per heavy atom. The van der Waals surface area contributed by atoms with Gasteiger partial charge >= 0.3 is 5.97 Å². The average molecular weight is 126 g/mol. The van der Waals surface area contributed by atoms with E-state index in [4.69, 9.17) is 5.11 Å². The molecular formula is C7H10O2. The van der Waals surface area contributed by atoms with Crippen molar-refractivity contribution in [2.75, 3.05) is 0 Å². The molecule has 0 fully saturated rings. The third-order valence-corrected chi connectivity index (χ3v) is 1.31. The fraction of sp³-hybridized carbons (Fsp3) is 0.286. The first kappa shape index (κ1) is 7.95. The molecule has 0 aliphatic rings. The van der Waals surface area contributed by atoms with E-state index in [2.05, 4.69) is 13.2 Å². The van der Waals surface area contributed by atoms with Crippen LogP contribution in [0.4, 0.5) is 0 Å². The maximum Gasteiger partial charge on any atom is 0.317 e. The van der Waals surface area contributed by atoms with Crippen molar-refractivity contribution in [3.8, 4) is 0 Å². The van der Waals surface area contributed by atoms with Gasteiger partial charge in [-0.05, 0) is 6.92 Å². The van der Waals surface area contributed by atoms with E-state index in [1.807, 2.05) is 0 Å². The predicted octanol–water partition coefficient (Wildman–Crippen LogP) is 1.45. The quantitative estimate of drug-likeness (QED) is 0.581. The molecule has 0 heterocycles. The molecule has 9 heavy (non-hydrogen) atoms. The van der Waals surface area contributed by atoms with Crippen molar-refractivity contribution >= 4 is 5.97 Å². The SMILES string of the molecule is C=CC(C)(C=C)C(=O)O. The second kappa shape index (κ2) is 2.49. The van der Waals surface area contributed by atoms with Gasteiger partial charge in [-0.1, -0.05) is 12.2 Å². The summed E-state index contributed by atoms with van der Waals surface area (Å²) in [7, 11) is 0. The first-order valence-corrected chi connectivity index (χ1v) is 2.57. The number of rotatable bonds is 3. The third kappa shape index (κ3) is 1.42. The van der Waals surface area contributed by atoms with Crippen LogP contribution >= 0.6 is 0 Å². The van der Waals surface area contributed by atoms with E-state index in [1.54, 1.807) is 0 Å². The van der Waals surface area contributed by atoms with E-state index < -0.39 is 11.4 Å². The van der Waals surface area contributed by atoms with Crippen LogP contribution in [-0.4, -0.2) is 11.1 Å². The Morgan fingerprint density at radius 3 is 1.89 bits per heavy atom. The van der Waals surface area contributed by atoms with Crippen LogP contribution in [0.5, 0.6) is 0 Å². The highest BCUT2D eigenvalue weighted by molar-refractivity contribution is 5.78. The standard InChI is InChI=1S/C7H10O2/c1-4-7(3,5-2)6(8)9/h4-5H,1-2H2,3H3,(H,8,9). The summed E-state index contributed by atoms with van der Waals surface area (Å²) in [5.74, 6) is -0.924. The Kier molecular flexibility index (Phi) is 2.20. The molecule has 0 saturated heterocycles. The zero-order valence-corrected chi connectivity index (χ0v) is 5.42. The normalized spacial score (nSPS) is 10.3. The minimum absolute atomic E-state index is 0.924. The third-order valence-electron chi connectivity index (χ3n) is 1.31. The van der Waals surface area contributed by atoms with Crippen molar-refractivity contribution in [3.05, 3.63) is 25.3 Å². The van der Waals surface area contributed by atoms with Gasteiger partial charge < -0.3 is 5.11 Å². The molecule has 50 valence electrons. The molecule has 0 bridgehead atoms. The molecule has 1 N–H and O–H groups in total. The van der Waals surface area contributed by atoms with Crippen molar-refractivity contribution in [1.82, 2.24) is 0 Å². The van der Waals surface area contributed by atoms with Gasteiger partial charge in [0.25, 0.3) is 0 Å². The topological polar surface area (TPSA) is 37.3 Å². The summed E-state index contributed by atoms with van der Waals surface area (Å²) in [6, 6.07) is 0. The van der Waals surface area contributed by atoms with Crippen LogP contribution in [0.15, 0.2) is 25.3 Å². The number of carboxylic acids is 1. The maximum atomic E-state index is 10.3. The fourth-order valence-corrected chi connectivity index (χ4v) is 0.258. The number of aliphatic carboxylic acids is 1. The zero-order valence-electron chi connectivity index (χ0n) is 5.42. The highest BCUT2D eigenvalue weighted by Crippen LogP contribution is 2.17. The molecule has 0 aromatic heterocycles. The highest BCUT2D eigenvalue weighted by Gasteiger charge is 2.24. The van der Waals surface area contributed by atoms with Gasteiger partial charge in [0.2, 0.25) is 0 Å². The molecule has 0 aliphatic heterocycles. The van der Waals surface area contributed by atoms with Crippen molar-refractivity contribution in [1.29, 1.82) is 0 Å². The summed E-state index contributed by atoms with van der Waals surface area (Å²) in [5.41, 5.74) is -0.972. The summed E-state index contributed by atoms with van der Waals surface area (Å²) in [6.07, 6.45) is 2.70. The first-order valence-electron chi connectivity index (χ1n) is 2.57. The zero-order chi connectivity index (χ0) is 7.49. The smallest absolute Gasteiger partial charge is 0.317 e. The van der Waals surface area contributed by atoms with Gasteiger partial charge in [-0.3, -0.25) is 4.79 Å². The molecule has 0 spiro atoms. The number of hydrogen-bond acceptors (Lipinski definition) is 1.